The molecule has 4 N–H and O–H groups in total. The summed E-state index contributed by atoms with van der Waals surface area (Å²) in [5.41, 5.74) is -0.995. The van der Waals surface area contributed by atoms with Crippen LogP contribution in [0, 0.1) is 17.3 Å². The van der Waals surface area contributed by atoms with Crippen molar-refractivity contribution in [3.05, 3.63) is 28.6 Å². The van der Waals surface area contributed by atoms with Gasteiger partial charge in [-0.2, -0.15) is 0 Å². The van der Waals surface area contributed by atoms with Gasteiger partial charge in [-0.15, -0.1) is 11.3 Å². The Labute approximate surface area is 344 Å². The zero-order chi connectivity index (χ0) is 42.3. The third-order valence-electron chi connectivity index (χ3n) is 11.1. The summed E-state index contributed by atoms with van der Waals surface area (Å²) in [6, 6.07) is 2.87. The number of nitrogens with one attached hydrogen (secondary N) is 3. The number of likely N-dealkylation sites (tertiary alicyclic amines) is 1. The number of aliphatic carboxylic acids is 1. The fourth-order valence-electron chi connectivity index (χ4n) is 7.88. The zero-order valence-corrected chi connectivity index (χ0v) is 35.1. The fourth-order valence-corrected chi connectivity index (χ4v) is 9.01. The molecule has 3 aliphatic rings. The lowest BCUT2D eigenvalue weighted by Gasteiger charge is -2.35. The number of thiazole rings is 1. The number of anilines is 1. The number of carbonyl (C=O) groups excluding carboxylic acids is 3. The number of halogens is 3. The molecule has 316 valence electrons. The van der Waals surface area contributed by atoms with Crippen molar-refractivity contribution in [2.75, 3.05) is 19.0 Å². The first-order valence-corrected chi connectivity index (χ1v) is 20.8. The Morgan fingerprint density at radius 3 is 2.43 bits per heavy atom. The van der Waals surface area contributed by atoms with Gasteiger partial charge in [0.25, 0.3) is 0 Å². The van der Waals surface area contributed by atoms with Crippen molar-refractivity contribution in [2.24, 2.45) is 17.3 Å². The minimum Gasteiger partial charge on any atom is -0.495 e. The maximum absolute atomic E-state index is 14.7. The van der Waals surface area contributed by atoms with Gasteiger partial charge in [-0.1, -0.05) is 45.7 Å². The van der Waals surface area contributed by atoms with E-state index >= 15 is 0 Å². The number of nitrogens with zero attached hydrogens (tertiary/aromatic N) is 3. The maximum atomic E-state index is 14.7. The molecule has 3 heterocycles. The number of methoxy groups -OCH3 is 1. The molecule has 2 aliphatic carbocycles. The molecule has 2 saturated carbocycles. The van der Waals surface area contributed by atoms with E-state index in [2.05, 4.69) is 16.0 Å². The number of carboxylic acids is 1. The predicted octanol–water partition coefficient (Wildman–Crippen LogP) is 7.13. The van der Waals surface area contributed by atoms with Crippen molar-refractivity contribution >= 4 is 62.8 Å². The summed E-state index contributed by atoms with van der Waals surface area (Å²) in [7, 11) is 1.49. The van der Waals surface area contributed by atoms with Gasteiger partial charge < -0.3 is 40.2 Å². The number of benzene rings is 1. The van der Waals surface area contributed by atoms with E-state index in [1.807, 2.05) is 26.2 Å². The van der Waals surface area contributed by atoms with E-state index in [9.17, 15) is 33.1 Å². The second kappa shape index (κ2) is 17.0. The number of alkyl halides is 2. The molecule has 18 heteroatoms. The van der Waals surface area contributed by atoms with Crippen LogP contribution in [0.1, 0.15) is 80.1 Å². The van der Waals surface area contributed by atoms with Crippen molar-refractivity contribution in [1.29, 1.82) is 0 Å². The van der Waals surface area contributed by atoms with Crippen LogP contribution in [0.5, 0.6) is 11.5 Å². The van der Waals surface area contributed by atoms with Crippen molar-refractivity contribution in [3.63, 3.8) is 0 Å². The predicted molar refractivity (Wildman–Crippen MR) is 215 cm³/mol. The number of ether oxygens (including phenoxy) is 3. The Balaban J connectivity index is 1.32. The van der Waals surface area contributed by atoms with E-state index in [1.54, 1.807) is 39.0 Å². The number of carboxylic acid groups (broad SMARTS) is 1. The maximum Gasteiger partial charge on any atom is 0.408 e. The van der Waals surface area contributed by atoms with Gasteiger partial charge in [0.1, 0.15) is 52.0 Å². The van der Waals surface area contributed by atoms with E-state index in [-0.39, 0.29) is 55.6 Å². The molecular formula is C40H51ClF2N6O8S. The molecule has 2 aromatic heterocycles. The number of amides is 3. The lowest BCUT2D eigenvalue weighted by molar-refractivity contribution is -0.146. The van der Waals surface area contributed by atoms with Crippen LogP contribution in [0.2, 0.25) is 5.02 Å². The van der Waals surface area contributed by atoms with Crippen molar-refractivity contribution in [2.45, 2.75) is 122 Å². The first-order valence-electron chi connectivity index (χ1n) is 19.5. The second-order valence-electron chi connectivity index (χ2n) is 16.8. The first kappa shape index (κ1) is 43.1. The number of fused-ring (bicyclic) bond motifs is 1. The third-order valence-corrected chi connectivity index (χ3v) is 12.3. The molecule has 0 spiro atoms. The smallest absolute Gasteiger partial charge is 0.408 e. The van der Waals surface area contributed by atoms with Crippen LogP contribution in [-0.2, 0) is 19.1 Å². The number of rotatable bonds is 14. The van der Waals surface area contributed by atoms with E-state index in [0.717, 1.165) is 0 Å². The molecule has 1 saturated heterocycles. The average molecular weight is 849 g/mol. The van der Waals surface area contributed by atoms with Gasteiger partial charge in [0.2, 0.25) is 18.2 Å². The molecule has 1 aromatic carbocycles. The lowest BCUT2D eigenvalue weighted by Crippen LogP contribution is -2.59. The van der Waals surface area contributed by atoms with Gasteiger partial charge in [-0.25, -0.2) is 28.3 Å². The summed E-state index contributed by atoms with van der Waals surface area (Å²) in [6.07, 6.45) is -3.74. The van der Waals surface area contributed by atoms with Crippen LogP contribution in [0.15, 0.2) is 23.6 Å². The highest BCUT2D eigenvalue weighted by atomic mass is 35.5. The summed E-state index contributed by atoms with van der Waals surface area (Å²) < 4.78 is 44.3. The SMILES string of the molecule is CC[C@@H]1C[C@]1(NC(=O)[C@@H]1C[C@@H](Oc2cc(-c3csc(NC(C)C)n3)nc3c(Cl)c(OC)ccc23)CN1C(=O)[C@@H](NC(=O)O[C@H]1CC[C@@H](C(F)F)C1)C(C)(C)C)C(=O)O. The minimum absolute atomic E-state index is 0.0125. The van der Waals surface area contributed by atoms with Gasteiger partial charge in [-0.3, -0.25) is 9.59 Å². The largest absolute Gasteiger partial charge is 0.495 e. The number of pyridine rings is 1. The third kappa shape index (κ3) is 9.04. The summed E-state index contributed by atoms with van der Waals surface area (Å²) >= 11 is 8.21. The van der Waals surface area contributed by atoms with Gasteiger partial charge in [0.15, 0.2) is 5.13 Å². The Kier molecular flexibility index (Phi) is 12.6. The Morgan fingerprint density at radius 1 is 1.09 bits per heavy atom. The number of carbonyl (C=O) groups is 4. The van der Waals surface area contributed by atoms with Crippen LogP contribution in [-0.4, -0.2) is 99.8 Å². The normalized spacial score (nSPS) is 24.8. The average Bonchev–Trinajstić information content (AvgIpc) is 3.52. The molecule has 3 amide bonds. The second-order valence-corrected chi connectivity index (χ2v) is 18.0. The summed E-state index contributed by atoms with van der Waals surface area (Å²) in [5.74, 6) is -2.88. The van der Waals surface area contributed by atoms with E-state index < -0.39 is 71.5 Å². The number of aromatic nitrogens is 2. The molecule has 58 heavy (non-hydrogen) atoms. The quantitative estimate of drug-likeness (QED) is 0.130. The Hall–Kier alpha value is -4.51. The Bertz CT molecular complexity index is 2050. The number of alkyl carbamates (subject to hydrolysis) is 1. The Morgan fingerprint density at radius 2 is 1.83 bits per heavy atom. The highest BCUT2D eigenvalue weighted by molar-refractivity contribution is 7.14. The minimum atomic E-state index is -2.53. The molecule has 3 aromatic rings. The number of hydrogen-bond acceptors (Lipinski definition) is 11. The van der Waals surface area contributed by atoms with Crippen LogP contribution >= 0.6 is 22.9 Å². The number of hydrogen-bond donors (Lipinski definition) is 4. The van der Waals surface area contributed by atoms with E-state index in [4.69, 9.17) is 35.8 Å². The summed E-state index contributed by atoms with van der Waals surface area (Å²) in [6.45, 7) is 10.9. The molecule has 0 radical (unpaired) electrons. The van der Waals surface area contributed by atoms with Crippen molar-refractivity contribution in [1.82, 2.24) is 25.5 Å². The van der Waals surface area contributed by atoms with Gasteiger partial charge in [-0.05, 0) is 63.0 Å². The topological polar surface area (TPSA) is 181 Å². The lowest BCUT2D eigenvalue weighted by atomic mass is 9.85. The molecule has 7 atom stereocenters. The van der Waals surface area contributed by atoms with Crippen molar-refractivity contribution < 1.29 is 47.3 Å². The highest BCUT2D eigenvalue weighted by Crippen LogP contribution is 2.47. The van der Waals surface area contributed by atoms with Gasteiger partial charge in [0, 0.05) is 35.2 Å². The summed E-state index contributed by atoms with van der Waals surface area (Å²) in [5, 5.41) is 22.1. The van der Waals surface area contributed by atoms with Gasteiger partial charge >= 0.3 is 12.1 Å². The van der Waals surface area contributed by atoms with Gasteiger partial charge in [0.05, 0.1) is 24.9 Å². The molecule has 6 rings (SSSR count). The molecule has 3 fully saturated rings. The molecule has 14 nitrogen and oxygen atoms in total. The standard InChI is InChI=1S/C40H51ClF2N6O8S/c1-8-21-16-40(21,36(52)53)48-34(50)27-14-23(17-49(27)35(51)32(39(4,5)6)47-38(54)57-22-10-9-20(13-22)33(42)43)56-29-15-25(26-18-58-37(46-26)44-19(2)3)45-31-24(29)11-12-28(55-7)30(31)41/h11-12,15,18-23,27,32-33H,8-10,13-14,16-17H2,1-7H3,(H,44,46)(H,47,54)(H,48,50)(H,52,53)/t20-,21-,22+,23-,27+,32-,40-/m1/s1. The molecule has 0 bridgehead atoms. The van der Waals surface area contributed by atoms with Crippen LogP contribution in [0.25, 0.3) is 22.3 Å². The molecule has 0 unspecified atom stereocenters. The molecular weight excluding hydrogens is 798 g/mol. The van der Waals surface area contributed by atoms with Crippen LogP contribution in [0.4, 0.5) is 18.7 Å². The fraction of sp³-hybridized carbons (Fsp3) is 0.600. The zero-order valence-electron chi connectivity index (χ0n) is 33.6. The molecule has 1 aliphatic heterocycles. The van der Waals surface area contributed by atoms with Crippen LogP contribution < -0.4 is 25.4 Å². The highest BCUT2D eigenvalue weighted by Gasteiger charge is 2.61. The van der Waals surface area contributed by atoms with Crippen molar-refractivity contribution in [3.8, 4) is 22.9 Å². The monoisotopic (exact) mass is 848 g/mol. The van der Waals surface area contributed by atoms with E-state index in [0.29, 0.717) is 45.3 Å². The van der Waals surface area contributed by atoms with Crippen LogP contribution in [0.3, 0.4) is 0 Å². The first-order chi connectivity index (χ1) is 27.3. The van der Waals surface area contributed by atoms with E-state index in [1.165, 1.54) is 23.3 Å². The summed E-state index contributed by atoms with van der Waals surface area (Å²) in [4.78, 5) is 65.3.